The molecule has 0 saturated heterocycles. The van der Waals surface area contributed by atoms with Crippen LogP contribution in [0.5, 0.6) is 0 Å². The third kappa shape index (κ3) is 4.54. The van der Waals surface area contributed by atoms with Gasteiger partial charge in [-0.25, -0.2) is 0 Å². The van der Waals surface area contributed by atoms with Gasteiger partial charge in [-0.15, -0.1) is 0 Å². The van der Waals surface area contributed by atoms with Gasteiger partial charge in [0.15, 0.2) is 0 Å². The molecule has 1 heterocycles. The van der Waals surface area contributed by atoms with E-state index in [9.17, 15) is 0 Å². The van der Waals surface area contributed by atoms with Crippen LogP contribution < -0.4 is 10.6 Å². The third-order valence-corrected chi connectivity index (χ3v) is 8.95. The summed E-state index contributed by atoms with van der Waals surface area (Å²) in [5.74, 6) is 0.291. The minimum Gasteiger partial charge on any atom is -0.361 e. The Bertz CT molecular complexity index is 1760. The molecule has 0 spiro atoms. The number of benzene rings is 4. The van der Waals surface area contributed by atoms with Crippen LogP contribution >= 0.6 is 0 Å². The summed E-state index contributed by atoms with van der Waals surface area (Å²) in [4.78, 5) is 0. The first-order chi connectivity index (χ1) is 20.0. The van der Waals surface area contributed by atoms with Crippen LogP contribution in [-0.2, 0) is 5.41 Å². The molecule has 0 bridgehead atoms. The molecule has 0 amide bonds. The lowest BCUT2D eigenvalue weighted by Gasteiger charge is -2.26. The van der Waals surface area contributed by atoms with Crippen molar-refractivity contribution < 1.29 is 0 Å². The lowest BCUT2D eigenvalue weighted by atomic mass is 9.79. The van der Waals surface area contributed by atoms with Crippen molar-refractivity contribution >= 4 is 33.8 Å². The van der Waals surface area contributed by atoms with Gasteiger partial charge in [-0.05, 0) is 82.1 Å². The van der Waals surface area contributed by atoms with Gasteiger partial charge in [0.1, 0.15) is 0 Å². The Hall–Kier alpha value is -4.56. The molecule has 3 aliphatic rings. The summed E-state index contributed by atoms with van der Waals surface area (Å²) < 4.78 is 0. The Morgan fingerprint density at radius 3 is 2.44 bits per heavy atom. The van der Waals surface area contributed by atoms with Gasteiger partial charge in [-0.1, -0.05) is 106 Å². The molecular weight excluding hydrogens is 496 g/mol. The van der Waals surface area contributed by atoms with Gasteiger partial charge in [-0.2, -0.15) is 0 Å². The topological polar surface area (TPSA) is 24.1 Å². The maximum atomic E-state index is 3.70. The molecule has 0 aromatic heterocycles. The van der Waals surface area contributed by atoms with E-state index in [0.29, 0.717) is 5.92 Å². The molecule has 2 aliphatic carbocycles. The van der Waals surface area contributed by atoms with Crippen LogP contribution in [0.3, 0.4) is 0 Å². The van der Waals surface area contributed by atoms with E-state index in [2.05, 4.69) is 147 Å². The van der Waals surface area contributed by atoms with Crippen LogP contribution in [0.4, 0.5) is 17.1 Å². The number of nitrogens with one attached hydrogen (secondary N) is 2. The van der Waals surface area contributed by atoms with Crippen LogP contribution in [0.15, 0.2) is 127 Å². The van der Waals surface area contributed by atoms with Gasteiger partial charge in [0.05, 0.1) is 0 Å². The van der Waals surface area contributed by atoms with Crippen LogP contribution in [0.25, 0.3) is 16.7 Å². The molecule has 2 N–H and O–H groups in total. The highest BCUT2D eigenvalue weighted by molar-refractivity contribution is 5.93. The minimum absolute atomic E-state index is 0.0136. The van der Waals surface area contributed by atoms with Crippen molar-refractivity contribution in [1.82, 2.24) is 0 Å². The molecule has 202 valence electrons. The Kier molecular flexibility index (Phi) is 6.27. The maximum Gasteiger partial charge on any atom is 0.0463 e. The summed E-state index contributed by atoms with van der Waals surface area (Å²) in [6.07, 6.45) is 11.6. The predicted octanol–water partition coefficient (Wildman–Crippen LogP) is 10.5. The lowest BCUT2D eigenvalue weighted by Crippen LogP contribution is -2.16. The average Bonchev–Trinajstić information content (AvgIpc) is 3.21. The second kappa shape index (κ2) is 10.1. The smallest absolute Gasteiger partial charge is 0.0463 e. The number of hydrogen-bond acceptors (Lipinski definition) is 2. The van der Waals surface area contributed by atoms with Crippen molar-refractivity contribution in [2.45, 2.75) is 44.9 Å². The van der Waals surface area contributed by atoms with Crippen LogP contribution in [0.1, 0.15) is 67.3 Å². The van der Waals surface area contributed by atoms with E-state index in [0.717, 1.165) is 24.2 Å². The fourth-order valence-corrected chi connectivity index (χ4v) is 6.74. The molecule has 4 aromatic rings. The number of para-hydroxylation sites is 2. The van der Waals surface area contributed by atoms with E-state index in [1.165, 1.54) is 55.8 Å². The van der Waals surface area contributed by atoms with Crippen molar-refractivity contribution in [2.24, 2.45) is 0 Å². The fourth-order valence-electron chi connectivity index (χ4n) is 6.74. The highest BCUT2D eigenvalue weighted by atomic mass is 14.9. The van der Waals surface area contributed by atoms with Gasteiger partial charge in [0.25, 0.3) is 0 Å². The van der Waals surface area contributed by atoms with Crippen LogP contribution in [0.2, 0.25) is 0 Å². The molecule has 41 heavy (non-hydrogen) atoms. The Morgan fingerprint density at radius 1 is 0.829 bits per heavy atom. The summed E-state index contributed by atoms with van der Waals surface area (Å²) in [6, 6.07) is 34.9. The van der Waals surface area contributed by atoms with E-state index in [-0.39, 0.29) is 5.41 Å². The van der Waals surface area contributed by atoms with Crippen molar-refractivity contribution in [3.63, 3.8) is 0 Å². The fraction of sp³-hybridized carbons (Fsp3) is 0.179. The summed E-state index contributed by atoms with van der Waals surface area (Å²) >= 11 is 0. The molecule has 2 heteroatoms. The zero-order valence-electron chi connectivity index (χ0n) is 24.0. The first kappa shape index (κ1) is 25.4. The van der Waals surface area contributed by atoms with Crippen molar-refractivity contribution in [1.29, 1.82) is 0 Å². The lowest BCUT2D eigenvalue weighted by molar-refractivity contribution is 0.654. The third-order valence-electron chi connectivity index (χ3n) is 8.95. The first-order valence-corrected chi connectivity index (χ1v) is 14.7. The van der Waals surface area contributed by atoms with Crippen LogP contribution in [-0.4, -0.2) is 0 Å². The Morgan fingerprint density at radius 2 is 1.59 bits per heavy atom. The summed E-state index contributed by atoms with van der Waals surface area (Å²) in [5.41, 5.74) is 15.5. The zero-order valence-corrected chi connectivity index (χ0v) is 24.0. The summed E-state index contributed by atoms with van der Waals surface area (Å²) in [7, 11) is 0. The molecule has 0 radical (unpaired) electrons. The zero-order chi connectivity index (χ0) is 28.0. The molecule has 4 aromatic carbocycles. The van der Waals surface area contributed by atoms with E-state index in [4.69, 9.17) is 0 Å². The second-order valence-electron chi connectivity index (χ2n) is 11.9. The maximum absolute atomic E-state index is 3.70. The first-order valence-electron chi connectivity index (χ1n) is 14.7. The molecule has 0 fully saturated rings. The summed E-state index contributed by atoms with van der Waals surface area (Å²) in [5, 5.41) is 7.32. The number of rotatable bonds is 4. The highest BCUT2D eigenvalue weighted by Gasteiger charge is 2.38. The molecular formula is C39H36N2. The average molecular weight is 533 g/mol. The molecule has 0 saturated carbocycles. The van der Waals surface area contributed by atoms with E-state index >= 15 is 0 Å². The second-order valence-corrected chi connectivity index (χ2v) is 11.9. The van der Waals surface area contributed by atoms with E-state index in [1.54, 1.807) is 0 Å². The normalized spacial score (nSPS) is 19.9. The van der Waals surface area contributed by atoms with Gasteiger partial charge >= 0.3 is 0 Å². The molecule has 1 unspecified atom stereocenters. The minimum atomic E-state index is -0.0136. The molecule has 2 nitrogen and oxygen atoms in total. The molecule has 1 atom stereocenters. The monoisotopic (exact) mass is 532 g/mol. The number of anilines is 3. The highest BCUT2D eigenvalue weighted by Crippen LogP contribution is 2.51. The van der Waals surface area contributed by atoms with Crippen molar-refractivity contribution in [3.8, 4) is 0 Å². The van der Waals surface area contributed by atoms with Crippen molar-refractivity contribution in [3.05, 3.63) is 155 Å². The molecule has 7 rings (SSSR count). The SMILES string of the molecule is CC1C=C2/C(=C\Nc3ccc(C4=CC(c5ccccc5Nc5ccccc5)=CCC4)cc31)c1ccccc1C2(C)C. The number of fused-ring (bicyclic) bond motifs is 4. The quantitative estimate of drug-likeness (QED) is 0.273. The molecule has 1 aliphatic heterocycles. The van der Waals surface area contributed by atoms with Gasteiger partial charge in [0, 0.05) is 45.7 Å². The van der Waals surface area contributed by atoms with Gasteiger partial charge < -0.3 is 10.6 Å². The Balaban J connectivity index is 1.23. The van der Waals surface area contributed by atoms with E-state index < -0.39 is 0 Å². The van der Waals surface area contributed by atoms with Crippen LogP contribution in [0, 0.1) is 0 Å². The standard InChI is InChI=1S/C39H36N2/c1-26-22-36-34(32-17-7-9-18-35(32)39(36,2)3)25-40-37-21-20-28(24-33(26)37)27-12-11-13-29(23-27)31-16-8-10-19-38(31)41-30-14-5-4-6-15-30/h4-10,13-26,40-41H,11-12H2,1-3H3/b34-25-,36-22?. The van der Waals surface area contributed by atoms with Crippen molar-refractivity contribution in [2.75, 3.05) is 10.6 Å². The van der Waals surface area contributed by atoms with E-state index in [1.807, 2.05) is 6.07 Å². The predicted molar refractivity (Wildman–Crippen MR) is 175 cm³/mol. The van der Waals surface area contributed by atoms with Gasteiger partial charge in [0.2, 0.25) is 0 Å². The number of allylic oxidation sites excluding steroid dienone is 7. The largest absolute Gasteiger partial charge is 0.361 e. The van der Waals surface area contributed by atoms with Gasteiger partial charge in [-0.3, -0.25) is 0 Å². The number of hydrogen-bond donors (Lipinski definition) is 2. The Labute approximate surface area is 243 Å². The summed E-state index contributed by atoms with van der Waals surface area (Å²) in [6.45, 7) is 7.05.